The number of halogens is 3. The summed E-state index contributed by atoms with van der Waals surface area (Å²) >= 11 is 5.52. The number of fused-ring (bicyclic) bond motifs is 1. The van der Waals surface area contributed by atoms with E-state index in [1.54, 1.807) is 4.90 Å². The fourth-order valence-corrected chi connectivity index (χ4v) is 6.65. The Hall–Kier alpha value is -1.47. The maximum Gasteiger partial charge on any atom is 0.410 e. The van der Waals surface area contributed by atoms with Crippen LogP contribution in [0.5, 0.6) is 6.01 Å². The second kappa shape index (κ2) is 10.5. The van der Waals surface area contributed by atoms with Crippen molar-refractivity contribution >= 4 is 61.3 Å². The molecule has 1 spiro atoms. The molecule has 208 valence electrons. The van der Waals surface area contributed by atoms with E-state index >= 15 is 4.39 Å². The number of nitrogens with zero attached hydrogens (tertiary/aromatic N) is 5. The second-order valence-electron chi connectivity index (χ2n) is 12.2. The van der Waals surface area contributed by atoms with E-state index in [2.05, 4.69) is 67.3 Å². The molecule has 0 saturated carbocycles. The average molecular weight is 704 g/mol. The van der Waals surface area contributed by atoms with Crippen molar-refractivity contribution in [2.45, 2.75) is 58.7 Å². The predicted molar refractivity (Wildman–Crippen MR) is 157 cm³/mol. The van der Waals surface area contributed by atoms with Gasteiger partial charge in [-0.2, -0.15) is 9.97 Å². The molecule has 0 bridgehead atoms. The van der Waals surface area contributed by atoms with E-state index in [-0.39, 0.29) is 29.1 Å². The summed E-state index contributed by atoms with van der Waals surface area (Å²) in [5.41, 5.74) is -0.121. The van der Waals surface area contributed by atoms with Gasteiger partial charge in [-0.1, -0.05) is 6.92 Å². The van der Waals surface area contributed by atoms with Crippen molar-refractivity contribution in [3.63, 3.8) is 0 Å². The largest absolute Gasteiger partial charge is 0.460 e. The Balaban J connectivity index is 1.36. The number of benzene rings is 1. The van der Waals surface area contributed by atoms with Gasteiger partial charge in [0.2, 0.25) is 0 Å². The summed E-state index contributed by atoms with van der Waals surface area (Å²) in [6.45, 7) is 12.7. The molecule has 3 aliphatic heterocycles. The minimum atomic E-state index is -0.496. The van der Waals surface area contributed by atoms with Gasteiger partial charge < -0.3 is 24.2 Å². The van der Waals surface area contributed by atoms with Crippen LogP contribution in [-0.2, 0) is 4.74 Å². The van der Waals surface area contributed by atoms with Crippen LogP contribution in [0.15, 0.2) is 10.5 Å². The first-order valence-electron chi connectivity index (χ1n) is 13.3. The summed E-state index contributed by atoms with van der Waals surface area (Å²) in [5.74, 6) is 0.650. The molecule has 38 heavy (non-hydrogen) atoms. The second-order valence-corrected chi connectivity index (χ2v) is 14.2. The van der Waals surface area contributed by atoms with E-state index in [0.29, 0.717) is 34.7 Å². The minimum Gasteiger partial charge on any atom is -0.460 e. The Kier molecular flexibility index (Phi) is 7.75. The number of anilines is 1. The van der Waals surface area contributed by atoms with E-state index in [1.165, 1.54) is 0 Å². The molecule has 4 heterocycles. The van der Waals surface area contributed by atoms with E-state index in [9.17, 15) is 4.79 Å². The number of piperidine rings is 2. The molecule has 3 aliphatic rings. The van der Waals surface area contributed by atoms with Crippen LogP contribution in [0.2, 0.25) is 0 Å². The molecule has 2 aromatic rings. The lowest BCUT2D eigenvalue weighted by Crippen LogP contribution is -2.62. The van der Waals surface area contributed by atoms with Crippen LogP contribution < -0.4 is 9.64 Å². The van der Waals surface area contributed by atoms with Gasteiger partial charge in [-0.3, -0.25) is 0 Å². The van der Waals surface area contributed by atoms with Crippen molar-refractivity contribution < 1.29 is 18.7 Å². The van der Waals surface area contributed by atoms with Crippen LogP contribution in [-0.4, -0.2) is 83.9 Å². The van der Waals surface area contributed by atoms with Gasteiger partial charge in [-0.25, -0.2) is 9.18 Å². The molecular formula is C27H36BrFIN5O3. The van der Waals surface area contributed by atoms with Gasteiger partial charge in [0.25, 0.3) is 0 Å². The van der Waals surface area contributed by atoms with Gasteiger partial charge in [-0.05, 0) is 91.7 Å². The molecule has 2 atom stereocenters. The van der Waals surface area contributed by atoms with Crippen LogP contribution in [0.1, 0.15) is 47.0 Å². The number of ether oxygens (including phenoxy) is 2. The van der Waals surface area contributed by atoms with Crippen molar-refractivity contribution in [3.05, 3.63) is 19.9 Å². The van der Waals surface area contributed by atoms with Crippen molar-refractivity contribution in [1.82, 2.24) is 19.8 Å². The first-order chi connectivity index (χ1) is 17.8. The highest BCUT2D eigenvalue weighted by molar-refractivity contribution is 14.1. The summed E-state index contributed by atoms with van der Waals surface area (Å²) in [6, 6.07) is 2.18. The first-order valence-corrected chi connectivity index (χ1v) is 15.1. The summed E-state index contributed by atoms with van der Waals surface area (Å²) in [4.78, 5) is 28.2. The lowest BCUT2D eigenvalue weighted by molar-refractivity contribution is -0.0434. The number of likely N-dealkylation sites (tertiary alicyclic amines) is 2. The highest BCUT2D eigenvalue weighted by atomic mass is 127. The minimum absolute atomic E-state index is 0.00899. The zero-order valence-corrected chi connectivity index (χ0v) is 26.4. The third-order valence-corrected chi connectivity index (χ3v) is 10.3. The third-order valence-electron chi connectivity index (χ3n) is 7.90. The highest BCUT2D eigenvalue weighted by Gasteiger charge is 2.48. The van der Waals surface area contributed by atoms with E-state index in [0.717, 1.165) is 49.0 Å². The normalized spacial score (nSPS) is 24.0. The lowest BCUT2D eigenvalue weighted by Gasteiger charge is -2.53. The van der Waals surface area contributed by atoms with Gasteiger partial charge in [-0.15, -0.1) is 0 Å². The molecule has 5 rings (SSSR count). The molecule has 0 aliphatic carbocycles. The van der Waals surface area contributed by atoms with Gasteiger partial charge in [0.1, 0.15) is 23.0 Å². The van der Waals surface area contributed by atoms with Gasteiger partial charge in [0.15, 0.2) is 5.82 Å². The molecule has 0 radical (unpaired) electrons. The first kappa shape index (κ1) is 28.1. The zero-order chi connectivity index (χ0) is 27.4. The van der Waals surface area contributed by atoms with E-state index in [4.69, 9.17) is 14.5 Å². The van der Waals surface area contributed by atoms with Crippen LogP contribution in [0.3, 0.4) is 0 Å². The van der Waals surface area contributed by atoms with Crippen LogP contribution in [0.25, 0.3) is 10.9 Å². The molecule has 0 N–H and O–H groups in total. The Morgan fingerprint density at radius 1 is 1.21 bits per heavy atom. The number of aromatic nitrogens is 2. The van der Waals surface area contributed by atoms with Gasteiger partial charge >= 0.3 is 12.1 Å². The third kappa shape index (κ3) is 5.70. The Morgan fingerprint density at radius 2 is 1.89 bits per heavy atom. The highest BCUT2D eigenvalue weighted by Crippen LogP contribution is 2.43. The fourth-order valence-electron chi connectivity index (χ4n) is 5.80. The monoisotopic (exact) mass is 703 g/mol. The molecule has 1 aromatic heterocycles. The van der Waals surface area contributed by atoms with E-state index in [1.807, 2.05) is 26.8 Å². The summed E-state index contributed by atoms with van der Waals surface area (Å²) < 4.78 is 28.5. The van der Waals surface area contributed by atoms with Crippen LogP contribution >= 0.6 is 38.5 Å². The number of hydrogen-bond acceptors (Lipinski definition) is 7. The number of amides is 1. The van der Waals surface area contributed by atoms with Crippen LogP contribution in [0, 0.1) is 20.7 Å². The average Bonchev–Trinajstić information content (AvgIpc) is 2.82. The summed E-state index contributed by atoms with van der Waals surface area (Å²) in [7, 11) is 2.11. The van der Waals surface area contributed by atoms with Crippen molar-refractivity contribution in [3.8, 4) is 6.01 Å². The van der Waals surface area contributed by atoms with Gasteiger partial charge in [0, 0.05) is 59.6 Å². The standard InChI is InChI=1S/C27H36BrFIN5O3/c1-16-13-33(5)9-6-19(16)37-24-31-22-17(12-18(30)20(28)21(22)29)23(32-24)34-10-7-27(8-11-34)14-35(15-27)25(36)38-26(2,3)4/h12,16,19H,6-11,13-15H2,1-5H3. The SMILES string of the molecule is CC1CN(C)CCC1Oc1nc(N2CCC3(CC2)CN(C(=O)OC(C)(C)C)C3)c2cc(I)c(Br)c(F)c2n1. The lowest BCUT2D eigenvalue weighted by atomic mass is 9.72. The fraction of sp³-hybridized carbons (Fsp3) is 0.667. The van der Waals surface area contributed by atoms with Crippen molar-refractivity contribution in [1.29, 1.82) is 0 Å². The predicted octanol–water partition coefficient (Wildman–Crippen LogP) is 5.69. The van der Waals surface area contributed by atoms with Crippen molar-refractivity contribution in [2.24, 2.45) is 11.3 Å². The molecule has 1 aromatic carbocycles. The summed E-state index contributed by atoms with van der Waals surface area (Å²) in [6.07, 6.45) is 2.48. The smallest absolute Gasteiger partial charge is 0.410 e. The number of hydrogen-bond donors (Lipinski definition) is 0. The molecule has 2 unspecified atom stereocenters. The van der Waals surface area contributed by atoms with E-state index < -0.39 is 11.4 Å². The number of rotatable bonds is 3. The molecule has 3 fully saturated rings. The Morgan fingerprint density at radius 3 is 2.53 bits per heavy atom. The molecule has 11 heteroatoms. The molecule has 8 nitrogen and oxygen atoms in total. The topological polar surface area (TPSA) is 71.0 Å². The maximum absolute atomic E-state index is 15.4. The zero-order valence-electron chi connectivity index (χ0n) is 22.7. The van der Waals surface area contributed by atoms with Crippen LogP contribution in [0.4, 0.5) is 15.0 Å². The summed E-state index contributed by atoms with van der Waals surface area (Å²) in [5, 5.41) is 0.693. The van der Waals surface area contributed by atoms with Crippen molar-refractivity contribution in [2.75, 3.05) is 51.2 Å². The Labute approximate surface area is 245 Å². The maximum atomic E-state index is 15.4. The quantitative estimate of drug-likeness (QED) is 0.301. The number of carbonyl (C=O) groups is 1. The molecule has 1 amide bonds. The molecular weight excluding hydrogens is 668 g/mol. The Bertz CT molecular complexity index is 1230. The molecule has 3 saturated heterocycles. The number of carbonyl (C=O) groups excluding carboxylic acids is 1. The van der Waals surface area contributed by atoms with Gasteiger partial charge in [0.05, 0.1) is 4.47 Å².